The summed E-state index contributed by atoms with van der Waals surface area (Å²) in [6.45, 7) is 7.15. The maximum atomic E-state index is 13.3. The SMILES string of the molecule is CC(C)(C)OC(=O)N1C(=O)[C@@](C)(CC#Cc2ccccc2)c2cc(Br)ccc21. The zero-order chi connectivity index (χ0) is 20.5. The molecule has 0 aromatic heterocycles. The molecule has 1 heterocycles. The molecule has 0 saturated carbocycles. The maximum Gasteiger partial charge on any atom is 0.421 e. The van der Waals surface area contributed by atoms with Gasteiger partial charge in [-0.3, -0.25) is 4.79 Å². The van der Waals surface area contributed by atoms with Crippen molar-refractivity contribution in [2.24, 2.45) is 0 Å². The number of nitrogens with zero attached hydrogens (tertiary/aromatic N) is 1. The quantitative estimate of drug-likeness (QED) is 0.556. The van der Waals surface area contributed by atoms with Crippen molar-refractivity contribution in [1.29, 1.82) is 0 Å². The molecule has 1 aliphatic heterocycles. The van der Waals surface area contributed by atoms with E-state index in [2.05, 4.69) is 27.8 Å². The van der Waals surface area contributed by atoms with Crippen LogP contribution in [-0.4, -0.2) is 17.6 Å². The van der Waals surface area contributed by atoms with E-state index in [-0.39, 0.29) is 5.91 Å². The van der Waals surface area contributed by atoms with E-state index in [1.54, 1.807) is 26.8 Å². The van der Waals surface area contributed by atoms with Gasteiger partial charge in [0, 0.05) is 16.5 Å². The first-order chi connectivity index (χ1) is 13.1. The van der Waals surface area contributed by atoms with E-state index < -0.39 is 17.1 Å². The molecule has 2 amide bonds. The largest absolute Gasteiger partial charge is 0.443 e. The number of amides is 2. The highest BCUT2D eigenvalue weighted by Gasteiger charge is 2.50. The third-order valence-corrected chi connectivity index (χ3v) is 4.99. The van der Waals surface area contributed by atoms with E-state index in [0.29, 0.717) is 12.1 Å². The van der Waals surface area contributed by atoms with Crippen LogP contribution in [0, 0.1) is 11.8 Å². The molecule has 0 fully saturated rings. The molecule has 3 rings (SSSR count). The molecular weight excluding hydrogens is 418 g/mol. The van der Waals surface area contributed by atoms with Crippen LogP contribution in [0.5, 0.6) is 0 Å². The standard InChI is InChI=1S/C23H22BrNO3/c1-22(2,3)28-21(27)25-19-13-12-17(24)15-18(19)23(4,20(25)26)14-8-11-16-9-6-5-7-10-16/h5-7,9-10,12-13,15H,14H2,1-4H3/t23-/m0/s1. The van der Waals surface area contributed by atoms with Crippen LogP contribution < -0.4 is 4.90 Å². The van der Waals surface area contributed by atoms with Gasteiger partial charge in [-0.2, -0.15) is 0 Å². The fourth-order valence-electron chi connectivity index (χ4n) is 3.12. The molecule has 0 aliphatic carbocycles. The summed E-state index contributed by atoms with van der Waals surface area (Å²) in [6, 6.07) is 15.1. The van der Waals surface area contributed by atoms with Crippen molar-refractivity contribution in [3.63, 3.8) is 0 Å². The number of fused-ring (bicyclic) bond motifs is 1. The van der Waals surface area contributed by atoms with Crippen LogP contribution in [0.25, 0.3) is 0 Å². The molecule has 2 aromatic carbocycles. The molecule has 5 heteroatoms. The fraction of sp³-hybridized carbons (Fsp3) is 0.304. The summed E-state index contributed by atoms with van der Waals surface area (Å²) in [5.41, 5.74) is 0.568. The van der Waals surface area contributed by atoms with Gasteiger partial charge >= 0.3 is 6.09 Å². The molecule has 0 saturated heterocycles. The Morgan fingerprint density at radius 1 is 1.18 bits per heavy atom. The molecule has 0 bridgehead atoms. The van der Waals surface area contributed by atoms with E-state index in [4.69, 9.17) is 4.74 Å². The van der Waals surface area contributed by atoms with Crippen molar-refractivity contribution in [3.05, 3.63) is 64.1 Å². The Labute approximate surface area is 174 Å². The van der Waals surface area contributed by atoms with Gasteiger partial charge in [0.15, 0.2) is 0 Å². The van der Waals surface area contributed by atoms with E-state index >= 15 is 0 Å². The zero-order valence-corrected chi connectivity index (χ0v) is 18.0. The summed E-state index contributed by atoms with van der Waals surface area (Å²) in [5, 5.41) is 0. The number of carbonyl (C=O) groups excluding carboxylic acids is 2. The Kier molecular flexibility index (Phi) is 5.36. The number of ether oxygens (including phenoxy) is 1. The summed E-state index contributed by atoms with van der Waals surface area (Å²) in [4.78, 5) is 27.2. The van der Waals surface area contributed by atoms with Crippen molar-refractivity contribution in [2.75, 3.05) is 4.90 Å². The summed E-state index contributed by atoms with van der Waals surface area (Å²) >= 11 is 3.47. The molecule has 0 radical (unpaired) electrons. The number of hydrogen-bond acceptors (Lipinski definition) is 3. The normalized spacial score (nSPS) is 18.3. The third kappa shape index (κ3) is 3.98. The molecule has 0 spiro atoms. The lowest BCUT2D eigenvalue weighted by Gasteiger charge is -2.25. The average molecular weight is 440 g/mol. The molecule has 144 valence electrons. The monoisotopic (exact) mass is 439 g/mol. The minimum atomic E-state index is -0.933. The number of halogens is 1. The second-order valence-corrected chi connectivity index (χ2v) is 8.87. The maximum absolute atomic E-state index is 13.3. The van der Waals surface area contributed by atoms with Crippen LogP contribution >= 0.6 is 15.9 Å². The third-order valence-electron chi connectivity index (χ3n) is 4.49. The Bertz CT molecular complexity index is 982. The van der Waals surface area contributed by atoms with Gasteiger partial charge in [0.2, 0.25) is 5.91 Å². The van der Waals surface area contributed by atoms with Gasteiger partial charge in [0.05, 0.1) is 11.1 Å². The topological polar surface area (TPSA) is 46.6 Å². The first-order valence-electron chi connectivity index (χ1n) is 9.03. The summed E-state index contributed by atoms with van der Waals surface area (Å²) < 4.78 is 6.30. The lowest BCUT2D eigenvalue weighted by molar-refractivity contribution is -0.122. The molecule has 2 aromatic rings. The Morgan fingerprint density at radius 2 is 1.86 bits per heavy atom. The average Bonchev–Trinajstić information content (AvgIpc) is 2.82. The van der Waals surface area contributed by atoms with Crippen molar-refractivity contribution in [3.8, 4) is 11.8 Å². The van der Waals surface area contributed by atoms with Gasteiger partial charge in [0.1, 0.15) is 5.60 Å². The van der Waals surface area contributed by atoms with E-state index in [1.807, 2.05) is 49.4 Å². The van der Waals surface area contributed by atoms with E-state index in [0.717, 1.165) is 20.5 Å². The van der Waals surface area contributed by atoms with Crippen LogP contribution in [-0.2, 0) is 14.9 Å². The predicted octanol–water partition coefficient (Wildman–Crippen LogP) is 5.43. The molecule has 4 nitrogen and oxygen atoms in total. The molecular formula is C23H22BrNO3. The zero-order valence-electron chi connectivity index (χ0n) is 16.4. The van der Waals surface area contributed by atoms with E-state index in [9.17, 15) is 9.59 Å². The number of benzene rings is 2. The second-order valence-electron chi connectivity index (χ2n) is 7.96. The van der Waals surface area contributed by atoms with Gasteiger partial charge in [-0.05, 0) is 63.6 Å². The summed E-state index contributed by atoms with van der Waals surface area (Å²) in [7, 11) is 0. The minimum Gasteiger partial charge on any atom is -0.443 e. The van der Waals surface area contributed by atoms with Crippen molar-refractivity contribution in [1.82, 2.24) is 0 Å². The fourth-order valence-corrected chi connectivity index (χ4v) is 3.48. The van der Waals surface area contributed by atoms with Gasteiger partial charge in [-0.1, -0.05) is 46.0 Å². The van der Waals surface area contributed by atoms with Gasteiger partial charge in [0.25, 0.3) is 0 Å². The number of anilines is 1. The predicted molar refractivity (Wildman–Crippen MR) is 113 cm³/mol. The van der Waals surface area contributed by atoms with Crippen LogP contribution in [0.1, 0.15) is 45.2 Å². The first-order valence-corrected chi connectivity index (χ1v) is 9.83. The van der Waals surface area contributed by atoms with Crippen molar-refractivity contribution >= 4 is 33.6 Å². The summed E-state index contributed by atoms with van der Waals surface area (Å²) in [5.74, 6) is 5.89. The molecule has 0 unspecified atom stereocenters. The highest BCUT2D eigenvalue weighted by molar-refractivity contribution is 9.10. The highest BCUT2D eigenvalue weighted by atomic mass is 79.9. The highest BCUT2D eigenvalue weighted by Crippen LogP contribution is 2.45. The Balaban J connectivity index is 1.98. The lowest BCUT2D eigenvalue weighted by atomic mass is 9.81. The van der Waals surface area contributed by atoms with Crippen molar-refractivity contribution in [2.45, 2.75) is 45.1 Å². The first kappa shape index (κ1) is 20.2. The van der Waals surface area contributed by atoms with Crippen LogP contribution in [0.15, 0.2) is 53.0 Å². The van der Waals surface area contributed by atoms with Gasteiger partial charge < -0.3 is 4.74 Å². The molecule has 1 aliphatic rings. The Hall–Kier alpha value is -2.58. The minimum absolute atomic E-state index is 0.295. The molecule has 1 atom stereocenters. The second kappa shape index (κ2) is 7.44. The lowest BCUT2D eigenvalue weighted by Crippen LogP contribution is -2.44. The number of carbonyl (C=O) groups is 2. The molecule has 28 heavy (non-hydrogen) atoms. The number of rotatable bonds is 1. The van der Waals surface area contributed by atoms with Crippen LogP contribution in [0.2, 0.25) is 0 Å². The summed E-state index contributed by atoms with van der Waals surface area (Å²) in [6.07, 6.45) is -0.371. The smallest absolute Gasteiger partial charge is 0.421 e. The molecule has 0 N–H and O–H groups in total. The number of hydrogen-bond donors (Lipinski definition) is 0. The Morgan fingerprint density at radius 3 is 2.50 bits per heavy atom. The van der Waals surface area contributed by atoms with Crippen LogP contribution in [0.4, 0.5) is 10.5 Å². The number of imide groups is 1. The van der Waals surface area contributed by atoms with E-state index in [1.165, 1.54) is 0 Å². The van der Waals surface area contributed by atoms with Crippen molar-refractivity contribution < 1.29 is 14.3 Å². The van der Waals surface area contributed by atoms with Gasteiger partial charge in [-0.15, -0.1) is 0 Å². The van der Waals surface area contributed by atoms with Gasteiger partial charge in [-0.25, -0.2) is 9.69 Å². The van der Waals surface area contributed by atoms with Crippen LogP contribution in [0.3, 0.4) is 0 Å².